The Morgan fingerprint density at radius 1 is 0.958 bits per heavy atom. The lowest BCUT2D eigenvalue weighted by atomic mass is 10.1. The molecule has 2 aromatic carbocycles. The molecule has 3 aromatic rings. The molecule has 24 heavy (non-hydrogen) atoms. The molecule has 4 nitrogen and oxygen atoms in total. The molecule has 1 heterocycles. The number of benzene rings is 2. The van der Waals surface area contributed by atoms with Gasteiger partial charge in [0.15, 0.2) is 11.8 Å². The second-order valence-corrected chi connectivity index (χ2v) is 5.43. The third kappa shape index (κ3) is 4.12. The minimum atomic E-state index is -0.294. The summed E-state index contributed by atoms with van der Waals surface area (Å²) in [5.74, 6) is 0.333. The van der Waals surface area contributed by atoms with Gasteiger partial charge >= 0.3 is 0 Å². The van der Waals surface area contributed by atoms with E-state index in [2.05, 4.69) is 10.3 Å². The number of nitrogens with zero attached hydrogens (tertiary/aromatic N) is 1. The highest BCUT2D eigenvalue weighted by atomic mass is 35.5. The first-order valence-electron chi connectivity index (χ1n) is 7.41. The minimum absolute atomic E-state index is 0.101. The zero-order valence-corrected chi connectivity index (χ0v) is 13.5. The van der Waals surface area contributed by atoms with Crippen molar-refractivity contribution < 1.29 is 9.53 Å². The van der Waals surface area contributed by atoms with Crippen LogP contribution in [0, 0.1) is 0 Å². The van der Waals surface area contributed by atoms with Crippen LogP contribution in [0.5, 0.6) is 5.75 Å². The molecule has 120 valence electrons. The molecule has 0 spiro atoms. The smallest absolute Gasteiger partial charge is 0.262 e. The lowest BCUT2D eigenvalue weighted by Crippen LogP contribution is -2.20. The van der Waals surface area contributed by atoms with Crippen LogP contribution in [0.25, 0.3) is 11.1 Å². The number of carbonyl (C=O) groups is 1. The highest BCUT2D eigenvalue weighted by Gasteiger charge is 2.07. The van der Waals surface area contributed by atoms with E-state index < -0.39 is 0 Å². The topological polar surface area (TPSA) is 51.2 Å². The highest BCUT2D eigenvalue weighted by Crippen LogP contribution is 2.22. The van der Waals surface area contributed by atoms with Crippen LogP contribution in [-0.2, 0) is 4.79 Å². The molecular weight excluding hydrogens is 324 g/mol. The zero-order chi connectivity index (χ0) is 16.8. The van der Waals surface area contributed by atoms with Crippen molar-refractivity contribution in [1.82, 2.24) is 4.98 Å². The zero-order valence-electron chi connectivity index (χ0n) is 12.8. The van der Waals surface area contributed by atoms with Crippen LogP contribution in [0.4, 0.5) is 5.69 Å². The number of hydrogen-bond acceptors (Lipinski definition) is 3. The number of nitrogens with one attached hydrogen (secondary N) is 1. The Kier molecular flexibility index (Phi) is 5.08. The predicted octanol–water partition coefficient (Wildman–Crippen LogP) is 4.42. The molecule has 0 bridgehead atoms. The summed E-state index contributed by atoms with van der Waals surface area (Å²) in [4.78, 5) is 15.8. The van der Waals surface area contributed by atoms with Gasteiger partial charge in [0.25, 0.3) is 5.91 Å². The summed E-state index contributed by atoms with van der Waals surface area (Å²) in [6, 6.07) is 21.0. The quantitative estimate of drug-likeness (QED) is 0.701. The molecule has 0 aliphatic carbocycles. The molecule has 0 atom stereocenters. The van der Waals surface area contributed by atoms with E-state index >= 15 is 0 Å². The maximum absolute atomic E-state index is 11.9. The van der Waals surface area contributed by atoms with Crippen LogP contribution in [0.2, 0.25) is 5.15 Å². The van der Waals surface area contributed by atoms with Gasteiger partial charge in [0.05, 0.1) is 5.69 Å². The molecule has 3 rings (SSSR count). The Balaban J connectivity index is 1.57. The van der Waals surface area contributed by atoms with Crippen molar-refractivity contribution in [2.45, 2.75) is 0 Å². The Bertz CT molecular complexity index is 820. The minimum Gasteiger partial charge on any atom is -0.484 e. The molecule has 0 unspecified atom stereocenters. The Labute approximate surface area is 145 Å². The van der Waals surface area contributed by atoms with Crippen LogP contribution in [0.3, 0.4) is 0 Å². The third-order valence-electron chi connectivity index (χ3n) is 3.36. The number of hydrogen-bond donors (Lipinski definition) is 1. The molecule has 0 saturated carbocycles. The third-order valence-corrected chi connectivity index (χ3v) is 3.67. The molecule has 0 radical (unpaired) electrons. The largest absolute Gasteiger partial charge is 0.484 e. The van der Waals surface area contributed by atoms with Crippen LogP contribution >= 0.6 is 11.6 Å². The average Bonchev–Trinajstić information content (AvgIpc) is 2.63. The maximum Gasteiger partial charge on any atom is 0.262 e. The van der Waals surface area contributed by atoms with Gasteiger partial charge in [-0.3, -0.25) is 4.79 Å². The monoisotopic (exact) mass is 338 g/mol. The lowest BCUT2D eigenvalue weighted by Gasteiger charge is -2.09. The van der Waals surface area contributed by atoms with Crippen molar-refractivity contribution in [2.24, 2.45) is 0 Å². The van der Waals surface area contributed by atoms with Crippen molar-refractivity contribution >= 4 is 23.2 Å². The molecule has 1 aromatic heterocycles. The van der Waals surface area contributed by atoms with Gasteiger partial charge in [-0.25, -0.2) is 4.98 Å². The van der Waals surface area contributed by atoms with Gasteiger partial charge in [-0.1, -0.05) is 54.1 Å². The van der Waals surface area contributed by atoms with Gasteiger partial charge in [0, 0.05) is 6.20 Å². The first-order valence-corrected chi connectivity index (χ1v) is 7.79. The summed E-state index contributed by atoms with van der Waals surface area (Å²) in [5.41, 5.74) is 2.69. The van der Waals surface area contributed by atoms with Crippen LogP contribution < -0.4 is 10.1 Å². The van der Waals surface area contributed by atoms with E-state index in [-0.39, 0.29) is 17.7 Å². The normalized spacial score (nSPS) is 10.2. The van der Waals surface area contributed by atoms with Crippen LogP contribution in [0.1, 0.15) is 0 Å². The van der Waals surface area contributed by atoms with E-state index in [4.69, 9.17) is 16.3 Å². The van der Waals surface area contributed by atoms with Gasteiger partial charge < -0.3 is 10.1 Å². The van der Waals surface area contributed by atoms with Crippen molar-refractivity contribution in [2.75, 3.05) is 11.9 Å². The average molecular weight is 339 g/mol. The standard InChI is InChI=1S/C19H15ClN2O2/c20-19-17(7-4-12-21-19)22-18(23)13-24-16-10-8-15(9-11-16)14-5-2-1-3-6-14/h1-12H,13H2,(H,22,23). The summed E-state index contributed by atoms with van der Waals surface area (Å²) in [6.07, 6.45) is 1.56. The highest BCUT2D eigenvalue weighted by molar-refractivity contribution is 6.32. The lowest BCUT2D eigenvalue weighted by molar-refractivity contribution is -0.118. The predicted molar refractivity (Wildman–Crippen MR) is 95.2 cm³/mol. The van der Waals surface area contributed by atoms with Crippen LogP contribution in [-0.4, -0.2) is 17.5 Å². The van der Waals surface area contributed by atoms with E-state index in [1.165, 1.54) is 0 Å². The van der Waals surface area contributed by atoms with Gasteiger partial charge in [0.2, 0.25) is 0 Å². The molecule has 0 aliphatic heterocycles. The fourth-order valence-corrected chi connectivity index (χ4v) is 2.36. The molecule has 0 fully saturated rings. The number of anilines is 1. The first-order chi connectivity index (χ1) is 11.7. The van der Waals surface area contributed by atoms with E-state index in [1.807, 2.05) is 54.6 Å². The van der Waals surface area contributed by atoms with Crippen molar-refractivity contribution in [3.05, 3.63) is 78.1 Å². The molecule has 0 aliphatic rings. The number of carbonyl (C=O) groups excluding carboxylic acids is 1. The van der Waals surface area contributed by atoms with Gasteiger partial charge in [-0.15, -0.1) is 0 Å². The molecule has 5 heteroatoms. The van der Waals surface area contributed by atoms with E-state index in [9.17, 15) is 4.79 Å². The molecule has 1 N–H and O–H groups in total. The number of halogens is 1. The van der Waals surface area contributed by atoms with E-state index in [0.717, 1.165) is 11.1 Å². The second-order valence-electron chi connectivity index (χ2n) is 5.07. The second kappa shape index (κ2) is 7.62. The summed E-state index contributed by atoms with van der Waals surface area (Å²) in [6.45, 7) is -0.101. The number of aromatic nitrogens is 1. The Morgan fingerprint density at radius 3 is 2.38 bits per heavy atom. The maximum atomic E-state index is 11.9. The molecule has 0 saturated heterocycles. The van der Waals surface area contributed by atoms with Gasteiger partial charge in [0.1, 0.15) is 5.75 Å². The number of rotatable bonds is 5. The van der Waals surface area contributed by atoms with Crippen molar-refractivity contribution in [1.29, 1.82) is 0 Å². The Morgan fingerprint density at radius 2 is 1.67 bits per heavy atom. The summed E-state index contributed by atoms with van der Waals surface area (Å²) in [5, 5.41) is 2.91. The molecule has 1 amide bonds. The number of ether oxygens (including phenoxy) is 1. The van der Waals surface area contributed by atoms with Gasteiger partial charge in [-0.2, -0.15) is 0 Å². The SMILES string of the molecule is O=C(COc1ccc(-c2ccccc2)cc1)Nc1cccnc1Cl. The van der Waals surface area contributed by atoms with Crippen molar-refractivity contribution in [3.63, 3.8) is 0 Å². The first kappa shape index (κ1) is 16.0. The number of amides is 1. The van der Waals surface area contributed by atoms with E-state index in [1.54, 1.807) is 18.3 Å². The Hall–Kier alpha value is -2.85. The van der Waals surface area contributed by atoms with Crippen molar-refractivity contribution in [3.8, 4) is 16.9 Å². The van der Waals surface area contributed by atoms with E-state index in [0.29, 0.717) is 11.4 Å². The fourth-order valence-electron chi connectivity index (χ4n) is 2.19. The van der Waals surface area contributed by atoms with Gasteiger partial charge in [-0.05, 0) is 35.4 Å². The summed E-state index contributed by atoms with van der Waals surface area (Å²) >= 11 is 5.89. The van der Waals surface area contributed by atoms with Crippen LogP contribution in [0.15, 0.2) is 72.9 Å². The summed E-state index contributed by atoms with van der Waals surface area (Å²) in [7, 11) is 0. The molecular formula is C19H15ClN2O2. The fraction of sp³-hybridized carbons (Fsp3) is 0.0526. The summed E-state index contributed by atoms with van der Waals surface area (Å²) < 4.78 is 5.50. The number of pyridine rings is 1.